The van der Waals surface area contributed by atoms with Gasteiger partial charge in [0.15, 0.2) is 6.61 Å². The summed E-state index contributed by atoms with van der Waals surface area (Å²) in [4.78, 5) is 24.9. The number of hydrogen-bond donors (Lipinski definition) is 2. The molecule has 0 fully saturated rings. The van der Waals surface area contributed by atoms with Crippen LogP contribution in [0.3, 0.4) is 0 Å². The number of amides is 2. The van der Waals surface area contributed by atoms with Crippen LogP contribution in [0.25, 0.3) is 0 Å². The van der Waals surface area contributed by atoms with Crippen LogP contribution in [0.2, 0.25) is 0 Å². The standard InChI is InChI=1S/C24H23N3O3S/c28-23(15-16-31-22-9-5-2-6-10-22)27-25-17-19-11-13-21(14-12-19)30-18-24(29)26-20-7-3-1-4-8-20/h1-14,17H,15-16,18H2,(H,26,29)(H,27,28)/b25-17-. The molecule has 0 heterocycles. The Balaban J connectivity index is 1.35. The van der Waals surface area contributed by atoms with Crippen LogP contribution < -0.4 is 15.5 Å². The molecule has 0 saturated carbocycles. The van der Waals surface area contributed by atoms with Gasteiger partial charge in [0.25, 0.3) is 5.91 Å². The van der Waals surface area contributed by atoms with E-state index < -0.39 is 0 Å². The molecule has 7 heteroatoms. The number of rotatable bonds is 10. The first-order chi connectivity index (χ1) is 15.2. The first-order valence-corrected chi connectivity index (χ1v) is 10.7. The van der Waals surface area contributed by atoms with Gasteiger partial charge in [-0.2, -0.15) is 5.10 Å². The van der Waals surface area contributed by atoms with Crippen molar-refractivity contribution in [1.82, 2.24) is 5.43 Å². The Morgan fingerprint density at radius 1 is 0.871 bits per heavy atom. The van der Waals surface area contributed by atoms with Gasteiger partial charge < -0.3 is 10.1 Å². The number of anilines is 1. The molecule has 0 unspecified atom stereocenters. The second-order valence-corrected chi connectivity index (χ2v) is 7.64. The summed E-state index contributed by atoms with van der Waals surface area (Å²) in [5.41, 5.74) is 4.06. The van der Waals surface area contributed by atoms with Gasteiger partial charge in [0.05, 0.1) is 6.21 Å². The Labute approximate surface area is 185 Å². The van der Waals surface area contributed by atoms with Gasteiger partial charge in [-0.1, -0.05) is 36.4 Å². The fraction of sp³-hybridized carbons (Fsp3) is 0.125. The highest BCUT2D eigenvalue weighted by molar-refractivity contribution is 7.99. The third-order valence-electron chi connectivity index (χ3n) is 4.05. The summed E-state index contributed by atoms with van der Waals surface area (Å²) in [7, 11) is 0. The minimum Gasteiger partial charge on any atom is -0.484 e. The number of hydrogen-bond acceptors (Lipinski definition) is 5. The SMILES string of the molecule is O=C(CCSc1ccccc1)N/N=C\c1ccc(OCC(=O)Nc2ccccc2)cc1. The quantitative estimate of drug-likeness (QED) is 0.283. The Morgan fingerprint density at radius 2 is 1.55 bits per heavy atom. The smallest absolute Gasteiger partial charge is 0.262 e. The molecule has 3 aromatic carbocycles. The number of carbonyl (C=O) groups excluding carboxylic acids is 2. The number of para-hydroxylation sites is 1. The minimum atomic E-state index is -0.232. The number of carbonyl (C=O) groups is 2. The van der Waals surface area contributed by atoms with Crippen molar-refractivity contribution in [2.24, 2.45) is 5.10 Å². The van der Waals surface area contributed by atoms with Gasteiger partial charge >= 0.3 is 0 Å². The lowest BCUT2D eigenvalue weighted by Crippen LogP contribution is -2.20. The molecule has 3 rings (SSSR count). The highest BCUT2D eigenvalue weighted by Crippen LogP contribution is 2.17. The molecule has 2 N–H and O–H groups in total. The predicted octanol–water partition coefficient (Wildman–Crippen LogP) is 4.34. The van der Waals surface area contributed by atoms with Crippen LogP contribution in [0.4, 0.5) is 5.69 Å². The van der Waals surface area contributed by atoms with Gasteiger partial charge in [0.2, 0.25) is 5.91 Å². The third-order valence-corrected chi connectivity index (χ3v) is 5.07. The van der Waals surface area contributed by atoms with Gasteiger partial charge in [0.1, 0.15) is 5.75 Å². The van der Waals surface area contributed by atoms with Crippen LogP contribution in [0.1, 0.15) is 12.0 Å². The normalized spacial score (nSPS) is 10.6. The lowest BCUT2D eigenvalue weighted by atomic mass is 10.2. The lowest BCUT2D eigenvalue weighted by molar-refractivity contribution is -0.120. The summed E-state index contributed by atoms with van der Waals surface area (Å²) in [6.07, 6.45) is 1.95. The molecule has 0 aromatic heterocycles. The zero-order valence-corrected chi connectivity index (χ0v) is 17.7. The van der Waals surface area contributed by atoms with Crippen molar-refractivity contribution in [3.05, 3.63) is 90.5 Å². The largest absolute Gasteiger partial charge is 0.484 e. The van der Waals surface area contributed by atoms with Crippen LogP contribution in [-0.2, 0) is 9.59 Å². The second kappa shape index (κ2) is 12.2. The molecule has 0 aliphatic carbocycles. The Kier molecular flexibility index (Phi) is 8.70. The third kappa shape index (κ3) is 8.36. The van der Waals surface area contributed by atoms with Gasteiger partial charge in [-0.25, -0.2) is 5.43 Å². The maximum Gasteiger partial charge on any atom is 0.262 e. The fourth-order valence-corrected chi connectivity index (χ4v) is 3.40. The van der Waals surface area contributed by atoms with E-state index in [0.29, 0.717) is 17.9 Å². The van der Waals surface area contributed by atoms with Crippen LogP contribution in [0.5, 0.6) is 5.75 Å². The molecule has 0 spiro atoms. The molecule has 0 bridgehead atoms. The van der Waals surface area contributed by atoms with Crippen LogP contribution >= 0.6 is 11.8 Å². The maximum absolute atomic E-state index is 11.9. The number of nitrogens with one attached hydrogen (secondary N) is 2. The Hall–Kier alpha value is -3.58. The van der Waals surface area contributed by atoms with Crippen molar-refractivity contribution in [2.75, 3.05) is 17.7 Å². The molecule has 0 aliphatic rings. The molecule has 0 radical (unpaired) electrons. The highest BCUT2D eigenvalue weighted by atomic mass is 32.2. The number of thioether (sulfide) groups is 1. The summed E-state index contributed by atoms with van der Waals surface area (Å²) in [5.74, 6) is 0.895. The van der Waals surface area contributed by atoms with E-state index in [1.165, 1.54) is 0 Å². The van der Waals surface area contributed by atoms with Crippen molar-refractivity contribution < 1.29 is 14.3 Å². The van der Waals surface area contributed by atoms with E-state index in [9.17, 15) is 9.59 Å². The zero-order chi connectivity index (χ0) is 21.7. The maximum atomic E-state index is 11.9. The average Bonchev–Trinajstić information content (AvgIpc) is 2.80. The van der Waals surface area contributed by atoms with Crippen LogP contribution in [-0.4, -0.2) is 30.4 Å². The summed E-state index contributed by atoms with van der Waals surface area (Å²) >= 11 is 1.63. The first-order valence-electron chi connectivity index (χ1n) is 9.76. The fourth-order valence-electron chi connectivity index (χ4n) is 2.53. The highest BCUT2D eigenvalue weighted by Gasteiger charge is 2.04. The predicted molar refractivity (Wildman–Crippen MR) is 125 cm³/mol. The molecule has 2 amide bonds. The lowest BCUT2D eigenvalue weighted by Gasteiger charge is -2.07. The zero-order valence-electron chi connectivity index (χ0n) is 16.9. The van der Waals surface area contributed by atoms with Crippen molar-refractivity contribution in [2.45, 2.75) is 11.3 Å². The number of nitrogens with zero attached hydrogens (tertiary/aromatic N) is 1. The van der Waals surface area contributed by atoms with Gasteiger partial charge in [-0.15, -0.1) is 11.8 Å². The molecule has 0 atom stereocenters. The number of benzene rings is 3. The van der Waals surface area contributed by atoms with E-state index in [1.807, 2.05) is 60.7 Å². The van der Waals surface area contributed by atoms with Crippen molar-refractivity contribution in [3.63, 3.8) is 0 Å². The van der Waals surface area contributed by atoms with Crippen molar-refractivity contribution in [1.29, 1.82) is 0 Å². The van der Waals surface area contributed by atoms with E-state index in [1.54, 1.807) is 42.2 Å². The van der Waals surface area contributed by atoms with Gasteiger partial charge in [-0.3, -0.25) is 9.59 Å². The van der Waals surface area contributed by atoms with Crippen molar-refractivity contribution >= 4 is 35.5 Å². The summed E-state index contributed by atoms with van der Waals surface area (Å²) in [6, 6.07) is 26.2. The molecule has 3 aromatic rings. The van der Waals surface area contributed by atoms with Crippen molar-refractivity contribution in [3.8, 4) is 5.75 Å². The minimum absolute atomic E-state index is 0.0839. The molecule has 0 aliphatic heterocycles. The molecule has 158 valence electrons. The Morgan fingerprint density at radius 3 is 2.26 bits per heavy atom. The first kappa shape index (κ1) is 22.1. The van der Waals surface area contributed by atoms with E-state index in [2.05, 4.69) is 15.8 Å². The Bertz CT molecular complexity index is 994. The summed E-state index contributed by atoms with van der Waals surface area (Å²) < 4.78 is 5.49. The van der Waals surface area contributed by atoms with E-state index >= 15 is 0 Å². The van der Waals surface area contributed by atoms with Crippen LogP contribution in [0.15, 0.2) is 94.9 Å². The molecule has 6 nitrogen and oxygen atoms in total. The van der Waals surface area contributed by atoms with E-state index in [0.717, 1.165) is 16.1 Å². The summed E-state index contributed by atoms with van der Waals surface area (Å²) in [6.45, 7) is -0.0839. The van der Waals surface area contributed by atoms with E-state index in [4.69, 9.17) is 4.74 Å². The topological polar surface area (TPSA) is 79.8 Å². The average molecular weight is 434 g/mol. The molecular formula is C24H23N3O3S. The number of ether oxygens (including phenoxy) is 1. The molecule has 31 heavy (non-hydrogen) atoms. The van der Waals surface area contributed by atoms with Gasteiger partial charge in [0, 0.05) is 22.8 Å². The van der Waals surface area contributed by atoms with E-state index in [-0.39, 0.29) is 18.4 Å². The molecular weight excluding hydrogens is 410 g/mol. The number of hydrazone groups is 1. The summed E-state index contributed by atoms with van der Waals surface area (Å²) in [5, 5.41) is 6.74. The second-order valence-electron chi connectivity index (χ2n) is 6.48. The monoisotopic (exact) mass is 433 g/mol. The molecule has 0 saturated heterocycles. The van der Waals surface area contributed by atoms with Gasteiger partial charge in [-0.05, 0) is 54.1 Å². The van der Waals surface area contributed by atoms with Crippen LogP contribution in [0, 0.1) is 0 Å².